The molecule has 0 atom stereocenters. The number of rotatable bonds is 6. The van der Waals surface area contributed by atoms with E-state index in [2.05, 4.69) is 31.0 Å². The van der Waals surface area contributed by atoms with Crippen LogP contribution in [-0.4, -0.2) is 35.8 Å². The SMILES string of the molecule is O=c1c(/C=N/Nc2ccccc2)c(Sc2nnnn2-c2ccccc2)nc2ccccn12. The summed E-state index contributed by atoms with van der Waals surface area (Å²) < 4.78 is 3.08. The van der Waals surface area contributed by atoms with Crippen LogP contribution in [-0.2, 0) is 0 Å². The molecule has 5 rings (SSSR count). The van der Waals surface area contributed by atoms with E-state index in [0.717, 1.165) is 11.4 Å². The Hall–Kier alpha value is -4.31. The molecule has 0 unspecified atom stereocenters. The van der Waals surface area contributed by atoms with Crippen LogP contribution in [0.4, 0.5) is 5.69 Å². The molecule has 0 aliphatic carbocycles. The molecule has 10 heteroatoms. The van der Waals surface area contributed by atoms with E-state index in [4.69, 9.17) is 0 Å². The standard InChI is InChI=1S/C22H16N8OS/c31-21-18(15-23-25-16-9-3-1-4-10-16)20(24-19-13-7-8-14-29(19)21)32-22-26-27-28-30(22)17-11-5-2-6-12-17/h1-15,25H/b23-15+. The van der Waals surface area contributed by atoms with E-state index in [1.54, 1.807) is 23.0 Å². The fourth-order valence-corrected chi connectivity index (χ4v) is 3.88. The second-order valence-corrected chi connectivity index (χ2v) is 7.57. The van der Waals surface area contributed by atoms with Crippen molar-refractivity contribution in [1.29, 1.82) is 0 Å². The van der Waals surface area contributed by atoms with Crippen molar-refractivity contribution in [3.63, 3.8) is 0 Å². The van der Waals surface area contributed by atoms with Gasteiger partial charge in [-0.1, -0.05) is 42.5 Å². The van der Waals surface area contributed by atoms with Gasteiger partial charge in [0.1, 0.15) is 10.7 Å². The lowest BCUT2D eigenvalue weighted by Gasteiger charge is -2.08. The molecule has 0 aliphatic heterocycles. The van der Waals surface area contributed by atoms with Gasteiger partial charge < -0.3 is 0 Å². The highest BCUT2D eigenvalue weighted by atomic mass is 32.2. The average molecular weight is 440 g/mol. The minimum absolute atomic E-state index is 0.240. The minimum atomic E-state index is -0.240. The van der Waals surface area contributed by atoms with Crippen molar-refractivity contribution in [2.45, 2.75) is 10.2 Å². The predicted molar refractivity (Wildman–Crippen MR) is 122 cm³/mol. The average Bonchev–Trinajstić information content (AvgIpc) is 3.30. The van der Waals surface area contributed by atoms with E-state index in [9.17, 15) is 4.79 Å². The fourth-order valence-electron chi connectivity index (χ4n) is 3.01. The molecular formula is C22H16N8OS. The lowest BCUT2D eigenvalue weighted by Crippen LogP contribution is -2.21. The Morgan fingerprint density at radius 2 is 1.69 bits per heavy atom. The van der Waals surface area contributed by atoms with Gasteiger partial charge in [0, 0.05) is 6.20 Å². The molecule has 156 valence electrons. The predicted octanol–water partition coefficient (Wildman–Crippen LogP) is 3.27. The third kappa shape index (κ3) is 3.98. The third-order valence-electron chi connectivity index (χ3n) is 4.52. The number of pyridine rings is 1. The number of tetrazole rings is 1. The Kier molecular flexibility index (Phi) is 5.41. The minimum Gasteiger partial charge on any atom is -0.279 e. The zero-order valence-corrected chi connectivity index (χ0v) is 17.4. The van der Waals surface area contributed by atoms with Crippen molar-refractivity contribution in [3.05, 3.63) is 101 Å². The zero-order valence-electron chi connectivity index (χ0n) is 16.6. The summed E-state index contributed by atoms with van der Waals surface area (Å²) in [7, 11) is 0. The molecule has 0 bridgehead atoms. The normalized spacial score (nSPS) is 11.2. The number of hydrazone groups is 1. The van der Waals surface area contributed by atoms with Gasteiger partial charge in [0.2, 0.25) is 5.16 Å². The van der Waals surface area contributed by atoms with Gasteiger partial charge in [-0.2, -0.15) is 9.78 Å². The largest absolute Gasteiger partial charge is 0.279 e. The first-order valence-electron chi connectivity index (χ1n) is 9.67. The summed E-state index contributed by atoms with van der Waals surface area (Å²) in [5, 5.41) is 17.2. The molecule has 0 saturated carbocycles. The van der Waals surface area contributed by atoms with Crippen molar-refractivity contribution in [1.82, 2.24) is 29.6 Å². The molecule has 0 aliphatic rings. The highest BCUT2D eigenvalue weighted by Crippen LogP contribution is 2.27. The summed E-state index contributed by atoms with van der Waals surface area (Å²) in [5.41, 5.74) is 5.14. The molecule has 1 N–H and O–H groups in total. The smallest absolute Gasteiger partial charge is 0.267 e. The Morgan fingerprint density at radius 3 is 2.50 bits per heavy atom. The zero-order chi connectivity index (χ0) is 21.8. The number of nitrogens with zero attached hydrogens (tertiary/aromatic N) is 7. The van der Waals surface area contributed by atoms with Crippen LogP contribution in [0.3, 0.4) is 0 Å². The van der Waals surface area contributed by atoms with Gasteiger partial charge in [0.25, 0.3) is 5.56 Å². The Balaban J connectivity index is 1.56. The number of nitrogens with one attached hydrogen (secondary N) is 1. The number of para-hydroxylation sites is 2. The van der Waals surface area contributed by atoms with Gasteiger partial charge in [-0.05, 0) is 58.6 Å². The third-order valence-corrected chi connectivity index (χ3v) is 5.47. The van der Waals surface area contributed by atoms with Crippen LogP contribution in [0.2, 0.25) is 0 Å². The monoisotopic (exact) mass is 440 g/mol. The first kappa shape index (κ1) is 19.6. The van der Waals surface area contributed by atoms with Gasteiger partial charge >= 0.3 is 0 Å². The lowest BCUT2D eigenvalue weighted by atomic mass is 10.3. The van der Waals surface area contributed by atoms with Crippen LogP contribution in [0.5, 0.6) is 0 Å². The number of fused-ring (bicyclic) bond motifs is 1. The molecule has 0 amide bonds. The van der Waals surface area contributed by atoms with Crippen LogP contribution in [0, 0.1) is 0 Å². The first-order valence-corrected chi connectivity index (χ1v) is 10.5. The molecule has 3 heterocycles. The second kappa shape index (κ2) is 8.82. The first-order chi connectivity index (χ1) is 15.8. The molecule has 0 saturated heterocycles. The van der Waals surface area contributed by atoms with Crippen molar-refractivity contribution >= 4 is 29.3 Å². The fraction of sp³-hybridized carbons (Fsp3) is 0. The van der Waals surface area contributed by atoms with Gasteiger partial charge in [0.15, 0.2) is 0 Å². The van der Waals surface area contributed by atoms with Crippen LogP contribution >= 0.6 is 11.8 Å². The molecule has 32 heavy (non-hydrogen) atoms. The summed E-state index contributed by atoms with van der Waals surface area (Å²) in [6.07, 6.45) is 3.15. The topological polar surface area (TPSA) is 102 Å². The summed E-state index contributed by atoms with van der Waals surface area (Å²) in [6, 6.07) is 24.4. The molecule has 9 nitrogen and oxygen atoms in total. The van der Waals surface area contributed by atoms with E-state index in [0.29, 0.717) is 21.4 Å². The maximum absolute atomic E-state index is 13.2. The van der Waals surface area contributed by atoms with E-state index in [-0.39, 0.29) is 5.56 Å². The van der Waals surface area contributed by atoms with E-state index in [1.165, 1.54) is 22.4 Å². The number of benzene rings is 2. The molecule has 2 aromatic carbocycles. The van der Waals surface area contributed by atoms with Gasteiger partial charge in [0.05, 0.1) is 23.2 Å². The molecule has 0 spiro atoms. The van der Waals surface area contributed by atoms with Crippen molar-refractivity contribution in [3.8, 4) is 5.69 Å². The summed E-state index contributed by atoms with van der Waals surface area (Å²) >= 11 is 1.20. The molecule has 3 aromatic heterocycles. The van der Waals surface area contributed by atoms with E-state index >= 15 is 0 Å². The highest BCUT2D eigenvalue weighted by Gasteiger charge is 2.17. The maximum atomic E-state index is 13.2. The van der Waals surface area contributed by atoms with Crippen molar-refractivity contribution in [2.75, 3.05) is 5.43 Å². The number of hydrogen-bond donors (Lipinski definition) is 1. The van der Waals surface area contributed by atoms with E-state index < -0.39 is 0 Å². The van der Waals surface area contributed by atoms with Gasteiger partial charge in [-0.3, -0.25) is 14.6 Å². The summed E-state index contributed by atoms with van der Waals surface area (Å²) in [4.78, 5) is 17.9. The molecule has 0 fully saturated rings. The number of anilines is 1. The highest BCUT2D eigenvalue weighted by molar-refractivity contribution is 7.99. The molecule has 5 aromatic rings. The van der Waals surface area contributed by atoms with Crippen LogP contribution in [0.15, 0.2) is 105 Å². The van der Waals surface area contributed by atoms with Crippen LogP contribution in [0.1, 0.15) is 5.56 Å². The second-order valence-electron chi connectivity index (χ2n) is 6.61. The van der Waals surface area contributed by atoms with Crippen LogP contribution in [0.25, 0.3) is 11.3 Å². The van der Waals surface area contributed by atoms with Crippen molar-refractivity contribution < 1.29 is 0 Å². The van der Waals surface area contributed by atoms with E-state index in [1.807, 2.05) is 66.7 Å². The summed E-state index contributed by atoms with van der Waals surface area (Å²) in [6.45, 7) is 0. The van der Waals surface area contributed by atoms with Crippen LogP contribution < -0.4 is 11.0 Å². The molecule has 0 radical (unpaired) electrons. The Labute approximate surface area is 186 Å². The lowest BCUT2D eigenvalue weighted by molar-refractivity contribution is 0.755. The maximum Gasteiger partial charge on any atom is 0.267 e. The Bertz CT molecular complexity index is 1450. The number of aromatic nitrogens is 6. The van der Waals surface area contributed by atoms with Gasteiger partial charge in [-0.25, -0.2) is 4.98 Å². The molecular weight excluding hydrogens is 424 g/mol. The summed E-state index contributed by atoms with van der Waals surface area (Å²) in [5.74, 6) is 0. The number of hydrogen-bond acceptors (Lipinski definition) is 8. The van der Waals surface area contributed by atoms with Crippen molar-refractivity contribution in [2.24, 2.45) is 5.10 Å². The Morgan fingerprint density at radius 1 is 0.938 bits per heavy atom. The van der Waals surface area contributed by atoms with Gasteiger partial charge in [-0.15, -0.1) is 5.10 Å². The quantitative estimate of drug-likeness (QED) is 0.246.